The highest BCUT2D eigenvalue weighted by Gasteiger charge is 2.23. The van der Waals surface area contributed by atoms with Gasteiger partial charge in [0, 0.05) is 24.0 Å². The summed E-state index contributed by atoms with van der Waals surface area (Å²) in [5.74, 6) is -0.168. The van der Waals surface area contributed by atoms with E-state index in [1.165, 1.54) is 6.42 Å². The summed E-state index contributed by atoms with van der Waals surface area (Å²) < 4.78 is 7.27. The smallest absolute Gasteiger partial charge is 0.349 e. The molecule has 1 heterocycles. The van der Waals surface area contributed by atoms with Crippen molar-refractivity contribution in [2.24, 2.45) is 11.8 Å². The van der Waals surface area contributed by atoms with E-state index >= 15 is 0 Å². The second-order valence-electron chi connectivity index (χ2n) is 8.51. The van der Waals surface area contributed by atoms with Crippen molar-refractivity contribution in [2.75, 3.05) is 6.61 Å². The molecule has 1 N–H and O–H groups in total. The minimum Gasteiger partial charge on any atom is -0.451 e. The minimum absolute atomic E-state index is 0.103. The number of nitriles is 1. The van der Waals surface area contributed by atoms with Crippen molar-refractivity contribution in [1.82, 2.24) is 9.88 Å². The first-order valence-corrected chi connectivity index (χ1v) is 10.5. The number of nitrogens with zero attached hydrogens (tertiary/aromatic N) is 2. The fourth-order valence-corrected chi connectivity index (χ4v) is 3.90. The van der Waals surface area contributed by atoms with Gasteiger partial charge in [0.05, 0.1) is 0 Å². The van der Waals surface area contributed by atoms with E-state index in [-0.39, 0.29) is 24.1 Å². The molecule has 1 aromatic heterocycles. The van der Waals surface area contributed by atoms with Gasteiger partial charge < -0.3 is 14.6 Å². The van der Waals surface area contributed by atoms with Crippen molar-refractivity contribution in [3.05, 3.63) is 28.6 Å². The van der Waals surface area contributed by atoms with Gasteiger partial charge in [0.25, 0.3) is 5.91 Å². The molecule has 0 aromatic carbocycles. The molecular formula is C23H33N3O3. The molecule has 2 rings (SSSR count). The molecule has 0 spiro atoms. The second kappa shape index (κ2) is 10.3. The summed E-state index contributed by atoms with van der Waals surface area (Å²) in [6.45, 7) is 10.9. The lowest BCUT2D eigenvalue weighted by Crippen LogP contribution is -2.42. The van der Waals surface area contributed by atoms with Crippen LogP contribution in [0.2, 0.25) is 0 Å². The fraction of sp³-hybridized carbons (Fsp3) is 0.609. The van der Waals surface area contributed by atoms with Gasteiger partial charge in [-0.2, -0.15) is 5.26 Å². The van der Waals surface area contributed by atoms with Crippen molar-refractivity contribution in [3.63, 3.8) is 0 Å². The van der Waals surface area contributed by atoms with Gasteiger partial charge >= 0.3 is 5.97 Å². The molecule has 2 unspecified atom stereocenters. The first-order chi connectivity index (χ1) is 13.7. The summed E-state index contributed by atoms with van der Waals surface area (Å²) in [6.07, 6.45) is 5.89. The third kappa shape index (κ3) is 6.22. The largest absolute Gasteiger partial charge is 0.451 e. The number of aryl methyl sites for hydroxylation is 1. The van der Waals surface area contributed by atoms with Gasteiger partial charge in [-0.1, -0.05) is 33.6 Å². The lowest BCUT2D eigenvalue weighted by molar-refractivity contribution is -0.144. The summed E-state index contributed by atoms with van der Waals surface area (Å²) in [5, 5.41) is 12.4. The molecule has 1 aliphatic carbocycles. The van der Waals surface area contributed by atoms with Crippen LogP contribution in [0.3, 0.4) is 0 Å². The number of rotatable bonds is 7. The predicted molar refractivity (Wildman–Crippen MR) is 113 cm³/mol. The van der Waals surface area contributed by atoms with Crippen LogP contribution in [0, 0.1) is 37.0 Å². The lowest BCUT2D eigenvalue weighted by atomic mass is 9.86. The third-order valence-corrected chi connectivity index (χ3v) is 5.59. The number of ether oxygens (including phenoxy) is 1. The average Bonchev–Trinajstić information content (AvgIpc) is 2.93. The summed E-state index contributed by atoms with van der Waals surface area (Å²) in [4.78, 5) is 24.5. The number of carbonyl (C=O) groups excluding carboxylic acids is 2. The van der Waals surface area contributed by atoms with Crippen LogP contribution in [0.15, 0.2) is 11.6 Å². The Balaban J connectivity index is 2.00. The van der Waals surface area contributed by atoms with Gasteiger partial charge in [-0.25, -0.2) is 4.79 Å². The van der Waals surface area contributed by atoms with E-state index < -0.39 is 5.97 Å². The zero-order valence-electron chi connectivity index (χ0n) is 18.2. The topological polar surface area (TPSA) is 84.1 Å². The molecule has 1 saturated carbocycles. The van der Waals surface area contributed by atoms with E-state index in [9.17, 15) is 14.9 Å². The first kappa shape index (κ1) is 22.7. The first-order valence-electron chi connectivity index (χ1n) is 10.5. The molecule has 6 nitrogen and oxygen atoms in total. The molecule has 1 aliphatic rings. The van der Waals surface area contributed by atoms with Crippen LogP contribution in [0.25, 0.3) is 6.08 Å². The highest BCUT2D eigenvalue weighted by molar-refractivity contribution is 5.99. The Kier molecular flexibility index (Phi) is 8.07. The van der Waals surface area contributed by atoms with Crippen LogP contribution in [0.5, 0.6) is 0 Å². The number of hydrogen-bond acceptors (Lipinski definition) is 4. The maximum absolute atomic E-state index is 12.3. The Morgan fingerprint density at radius 3 is 2.66 bits per heavy atom. The molecule has 0 bridgehead atoms. The number of carbonyl (C=O) groups is 2. The van der Waals surface area contributed by atoms with Crippen LogP contribution in [0.4, 0.5) is 0 Å². The van der Waals surface area contributed by atoms with Crippen molar-refractivity contribution in [2.45, 2.75) is 72.9 Å². The summed E-state index contributed by atoms with van der Waals surface area (Å²) in [6, 6.07) is 3.99. The molecule has 0 saturated heterocycles. The van der Waals surface area contributed by atoms with Crippen molar-refractivity contribution < 1.29 is 14.3 Å². The van der Waals surface area contributed by atoms with E-state index in [1.54, 1.807) is 6.08 Å². The van der Waals surface area contributed by atoms with Crippen LogP contribution in [-0.2, 0) is 20.9 Å². The molecule has 0 aliphatic heterocycles. The summed E-state index contributed by atoms with van der Waals surface area (Å²) in [7, 11) is 0. The van der Waals surface area contributed by atoms with Crippen LogP contribution in [0.1, 0.15) is 63.4 Å². The number of amides is 1. The quantitative estimate of drug-likeness (QED) is 0.428. The molecule has 29 heavy (non-hydrogen) atoms. The molecule has 158 valence electrons. The number of esters is 1. The third-order valence-electron chi connectivity index (χ3n) is 5.59. The van der Waals surface area contributed by atoms with Crippen molar-refractivity contribution in [3.8, 4) is 6.07 Å². The zero-order valence-corrected chi connectivity index (χ0v) is 18.2. The second-order valence-corrected chi connectivity index (χ2v) is 8.51. The SMILES string of the molecule is Cc1cc(C=C(C#N)C(=O)OCC(=O)NC2CCCCC2C)c(C)n1CC(C)C. The Morgan fingerprint density at radius 2 is 2.03 bits per heavy atom. The molecule has 0 radical (unpaired) electrons. The standard InChI is InChI=1S/C23H33N3O3/c1-15(2)13-26-17(4)10-19(18(26)5)11-20(12-24)23(28)29-14-22(27)25-21-9-7-6-8-16(21)3/h10-11,15-16,21H,6-9,13-14H2,1-5H3,(H,25,27). The van der Waals surface area contributed by atoms with E-state index in [0.717, 1.165) is 42.8 Å². The monoisotopic (exact) mass is 399 g/mol. The number of hydrogen-bond donors (Lipinski definition) is 1. The van der Waals surface area contributed by atoms with Gasteiger partial charge in [0.15, 0.2) is 6.61 Å². The van der Waals surface area contributed by atoms with Crippen LogP contribution >= 0.6 is 0 Å². The molecule has 2 atom stereocenters. The van der Waals surface area contributed by atoms with Gasteiger partial charge in [0.1, 0.15) is 11.6 Å². The normalized spacial score (nSPS) is 19.7. The Labute approximate surface area is 173 Å². The van der Waals surface area contributed by atoms with Crippen LogP contribution < -0.4 is 5.32 Å². The highest BCUT2D eigenvalue weighted by atomic mass is 16.5. The molecule has 1 aromatic rings. The van der Waals surface area contributed by atoms with Gasteiger partial charge in [0.2, 0.25) is 0 Å². The molecule has 6 heteroatoms. The molecule has 1 fully saturated rings. The predicted octanol–water partition coefficient (Wildman–Crippen LogP) is 3.91. The number of nitrogens with one attached hydrogen (secondary N) is 1. The summed E-state index contributed by atoms with van der Waals surface area (Å²) in [5.41, 5.74) is 2.79. The van der Waals surface area contributed by atoms with Crippen molar-refractivity contribution in [1.29, 1.82) is 5.26 Å². The van der Waals surface area contributed by atoms with E-state index in [1.807, 2.05) is 26.0 Å². The maximum atomic E-state index is 12.3. The van der Waals surface area contributed by atoms with Crippen molar-refractivity contribution >= 4 is 18.0 Å². The van der Waals surface area contributed by atoms with Gasteiger partial charge in [-0.05, 0) is 56.2 Å². The Bertz CT molecular complexity index is 814. The van der Waals surface area contributed by atoms with Gasteiger partial charge in [-0.3, -0.25) is 4.79 Å². The Morgan fingerprint density at radius 1 is 1.34 bits per heavy atom. The molecule has 1 amide bonds. The van der Waals surface area contributed by atoms with E-state index in [0.29, 0.717) is 11.8 Å². The Hall–Kier alpha value is -2.55. The average molecular weight is 400 g/mol. The minimum atomic E-state index is -0.770. The molecular weight excluding hydrogens is 366 g/mol. The zero-order chi connectivity index (χ0) is 21.6. The lowest BCUT2D eigenvalue weighted by Gasteiger charge is -2.29. The summed E-state index contributed by atoms with van der Waals surface area (Å²) >= 11 is 0. The van der Waals surface area contributed by atoms with Crippen LogP contribution in [-0.4, -0.2) is 29.1 Å². The van der Waals surface area contributed by atoms with E-state index in [4.69, 9.17) is 4.74 Å². The number of aromatic nitrogens is 1. The van der Waals surface area contributed by atoms with Gasteiger partial charge in [-0.15, -0.1) is 0 Å². The highest BCUT2D eigenvalue weighted by Crippen LogP contribution is 2.23. The van der Waals surface area contributed by atoms with E-state index in [2.05, 4.69) is 30.7 Å². The fourth-order valence-electron chi connectivity index (χ4n) is 3.90. The maximum Gasteiger partial charge on any atom is 0.349 e.